The van der Waals surface area contributed by atoms with Crippen molar-refractivity contribution in [2.24, 2.45) is 0 Å². The standard InChI is InChI=1S/C12H14N4OS/c1-15(2)14-10-9-4-3-6-16(9)12-8(5-7-18-12)11(17)13-10/h3-7,10,14H,1-2H3,(H,13,17). The molecule has 2 aromatic rings. The van der Waals surface area contributed by atoms with Crippen LogP contribution in [0.3, 0.4) is 0 Å². The summed E-state index contributed by atoms with van der Waals surface area (Å²) in [5, 5.41) is 7.73. The Morgan fingerprint density at radius 3 is 3.06 bits per heavy atom. The fourth-order valence-corrected chi connectivity index (χ4v) is 3.01. The molecular weight excluding hydrogens is 248 g/mol. The first-order chi connectivity index (χ1) is 8.66. The van der Waals surface area contributed by atoms with Crippen molar-refractivity contribution in [2.45, 2.75) is 6.17 Å². The van der Waals surface area contributed by atoms with Gasteiger partial charge < -0.3 is 9.88 Å². The third-order valence-electron chi connectivity index (χ3n) is 2.85. The van der Waals surface area contributed by atoms with Crippen molar-refractivity contribution in [3.8, 4) is 5.00 Å². The molecule has 0 spiro atoms. The zero-order valence-corrected chi connectivity index (χ0v) is 11.0. The summed E-state index contributed by atoms with van der Waals surface area (Å²) in [6.45, 7) is 0. The maximum atomic E-state index is 12.1. The van der Waals surface area contributed by atoms with E-state index in [1.165, 1.54) is 0 Å². The summed E-state index contributed by atoms with van der Waals surface area (Å²) >= 11 is 1.57. The summed E-state index contributed by atoms with van der Waals surface area (Å²) in [5.74, 6) is -0.0469. The number of nitrogens with zero attached hydrogens (tertiary/aromatic N) is 2. The van der Waals surface area contributed by atoms with Gasteiger partial charge in [-0.15, -0.1) is 11.3 Å². The first-order valence-electron chi connectivity index (χ1n) is 5.66. The average molecular weight is 262 g/mol. The van der Waals surface area contributed by atoms with E-state index in [9.17, 15) is 4.79 Å². The van der Waals surface area contributed by atoms with Crippen LogP contribution in [-0.4, -0.2) is 29.6 Å². The molecular formula is C12H14N4OS. The second-order valence-corrected chi connectivity index (χ2v) is 5.27. The van der Waals surface area contributed by atoms with Crippen LogP contribution in [0.4, 0.5) is 0 Å². The van der Waals surface area contributed by atoms with Crippen LogP contribution in [0.2, 0.25) is 0 Å². The maximum absolute atomic E-state index is 12.1. The van der Waals surface area contributed by atoms with E-state index >= 15 is 0 Å². The second kappa shape index (κ2) is 4.24. The summed E-state index contributed by atoms with van der Waals surface area (Å²) in [7, 11) is 3.81. The van der Waals surface area contributed by atoms with Crippen LogP contribution in [-0.2, 0) is 0 Å². The Morgan fingerprint density at radius 2 is 2.28 bits per heavy atom. The van der Waals surface area contributed by atoms with E-state index in [2.05, 4.69) is 15.3 Å². The van der Waals surface area contributed by atoms with Gasteiger partial charge in [-0.3, -0.25) is 4.79 Å². The number of nitrogens with one attached hydrogen (secondary N) is 2. The molecule has 0 saturated carbocycles. The Hall–Kier alpha value is -1.63. The number of rotatable bonds is 2. The SMILES string of the molecule is CN(C)NC1NC(=O)c2ccsc2-n2cccc21. The highest BCUT2D eigenvalue weighted by atomic mass is 32.1. The van der Waals surface area contributed by atoms with E-state index in [-0.39, 0.29) is 12.1 Å². The molecule has 3 rings (SSSR count). The fourth-order valence-electron chi connectivity index (χ4n) is 2.11. The number of hydrogen-bond acceptors (Lipinski definition) is 4. The topological polar surface area (TPSA) is 49.3 Å². The molecule has 0 saturated heterocycles. The van der Waals surface area contributed by atoms with Crippen molar-refractivity contribution in [3.63, 3.8) is 0 Å². The zero-order valence-electron chi connectivity index (χ0n) is 10.2. The van der Waals surface area contributed by atoms with Gasteiger partial charge in [0.15, 0.2) is 0 Å². The Balaban J connectivity index is 2.11. The third-order valence-corrected chi connectivity index (χ3v) is 3.76. The van der Waals surface area contributed by atoms with E-state index in [0.29, 0.717) is 0 Å². The van der Waals surface area contributed by atoms with Gasteiger partial charge in [-0.1, -0.05) is 0 Å². The smallest absolute Gasteiger partial charge is 0.255 e. The van der Waals surface area contributed by atoms with Crippen LogP contribution in [0.5, 0.6) is 0 Å². The lowest BCUT2D eigenvalue weighted by molar-refractivity contribution is 0.0904. The molecule has 18 heavy (non-hydrogen) atoms. The Kier molecular flexibility index (Phi) is 2.70. The van der Waals surface area contributed by atoms with Crippen LogP contribution in [0.25, 0.3) is 5.00 Å². The van der Waals surface area contributed by atoms with Gasteiger partial charge in [0.25, 0.3) is 5.91 Å². The summed E-state index contributed by atoms with van der Waals surface area (Å²) in [6, 6.07) is 5.86. The minimum Gasteiger partial charge on any atom is -0.330 e. The predicted octanol–water partition coefficient (Wildman–Crippen LogP) is 1.35. The molecule has 1 aliphatic heterocycles. The number of fused-ring (bicyclic) bond motifs is 3. The second-order valence-electron chi connectivity index (χ2n) is 4.37. The molecule has 6 heteroatoms. The van der Waals surface area contributed by atoms with Gasteiger partial charge in [0.2, 0.25) is 0 Å². The maximum Gasteiger partial charge on any atom is 0.255 e. The first kappa shape index (κ1) is 11.5. The largest absolute Gasteiger partial charge is 0.330 e. The number of aromatic nitrogens is 1. The highest BCUT2D eigenvalue weighted by molar-refractivity contribution is 7.13. The molecule has 5 nitrogen and oxygen atoms in total. The first-order valence-corrected chi connectivity index (χ1v) is 6.54. The quantitative estimate of drug-likeness (QED) is 0.803. The summed E-state index contributed by atoms with van der Waals surface area (Å²) in [4.78, 5) is 12.1. The number of carbonyl (C=O) groups is 1. The molecule has 0 fully saturated rings. The summed E-state index contributed by atoms with van der Waals surface area (Å²) < 4.78 is 2.05. The molecule has 3 heterocycles. The molecule has 0 radical (unpaired) electrons. The molecule has 1 amide bonds. The number of hydrogen-bond donors (Lipinski definition) is 2. The molecule has 2 N–H and O–H groups in total. The average Bonchev–Trinajstić information content (AvgIpc) is 2.94. The molecule has 2 aromatic heterocycles. The van der Waals surface area contributed by atoms with Gasteiger partial charge in [0, 0.05) is 20.3 Å². The molecule has 0 aliphatic carbocycles. The summed E-state index contributed by atoms with van der Waals surface area (Å²) in [5.41, 5.74) is 4.95. The van der Waals surface area contributed by atoms with Crippen molar-refractivity contribution < 1.29 is 4.79 Å². The van der Waals surface area contributed by atoms with Gasteiger partial charge in [0.1, 0.15) is 11.2 Å². The van der Waals surface area contributed by atoms with Gasteiger partial charge in [0.05, 0.1) is 11.3 Å². The molecule has 1 aliphatic rings. The predicted molar refractivity (Wildman–Crippen MR) is 70.7 cm³/mol. The molecule has 0 aromatic carbocycles. The van der Waals surface area contributed by atoms with Crippen molar-refractivity contribution in [3.05, 3.63) is 41.0 Å². The number of carbonyl (C=O) groups excluding carboxylic acids is 1. The van der Waals surface area contributed by atoms with E-state index in [0.717, 1.165) is 16.3 Å². The highest BCUT2D eigenvalue weighted by Crippen LogP contribution is 2.29. The van der Waals surface area contributed by atoms with Crippen molar-refractivity contribution in [1.82, 2.24) is 20.3 Å². The minimum atomic E-state index is -0.220. The van der Waals surface area contributed by atoms with Crippen molar-refractivity contribution in [2.75, 3.05) is 14.1 Å². The van der Waals surface area contributed by atoms with Gasteiger partial charge in [-0.2, -0.15) is 0 Å². The van der Waals surface area contributed by atoms with E-state index in [1.54, 1.807) is 11.3 Å². The van der Waals surface area contributed by atoms with Gasteiger partial charge in [-0.05, 0) is 23.6 Å². The zero-order chi connectivity index (χ0) is 12.7. The van der Waals surface area contributed by atoms with Crippen molar-refractivity contribution in [1.29, 1.82) is 0 Å². The Morgan fingerprint density at radius 1 is 1.44 bits per heavy atom. The lowest BCUT2D eigenvalue weighted by Gasteiger charge is -2.23. The lowest BCUT2D eigenvalue weighted by atomic mass is 10.3. The van der Waals surface area contributed by atoms with Crippen molar-refractivity contribution >= 4 is 17.2 Å². The molecule has 1 atom stereocenters. The third kappa shape index (κ3) is 1.74. The Bertz CT molecular complexity index is 586. The van der Waals surface area contributed by atoms with Crippen LogP contribution < -0.4 is 10.7 Å². The minimum absolute atomic E-state index is 0.0469. The summed E-state index contributed by atoms with van der Waals surface area (Å²) in [6.07, 6.45) is 1.76. The van der Waals surface area contributed by atoms with Crippen LogP contribution in [0.1, 0.15) is 22.2 Å². The highest BCUT2D eigenvalue weighted by Gasteiger charge is 2.27. The monoisotopic (exact) mass is 262 g/mol. The van der Waals surface area contributed by atoms with E-state index < -0.39 is 0 Å². The number of hydrazine groups is 1. The molecule has 1 unspecified atom stereocenters. The van der Waals surface area contributed by atoms with E-state index in [4.69, 9.17) is 0 Å². The van der Waals surface area contributed by atoms with Crippen LogP contribution in [0.15, 0.2) is 29.8 Å². The van der Waals surface area contributed by atoms with Gasteiger partial charge >= 0.3 is 0 Å². The molecule has 94 valence electrons. The van der Waals surface area contributed by atoms with Crippen LogP contribution in [0, 0.1) is 0 Å². The van der Waals surface area contributed by atoms with Crippen LogP contribution >= 0.6 is 11.3 Å². The normalized spacial score (nSPS) is 18.2. The fraction of sp³-hybridized carbons (Fsp3) is 0.250. The Labute approximate surface area is 109 Å². The number of thiophene rings is 1. The lowest BCUT2D eigenvalue weighted by Crippen LogP contribution is -2.43. The van der Waals surface area contributed by atoms with Gasteiger partial charge in [-0.25, -0.2) is 10.4 Å². The molecule has 0 bridgehead atoms. The van der Waals surface area contributed by atoms with E-state index in [1.807, 2.05) is 48.9 Å². The number of amides is 1.